The summed E-state index contributed by atoms with van der Waals surface area (Å²) < 4.78 is 18.4. The van der Waals surface area contributed by atoms with Gasteiger partial charge in [-0.2, -0.15) is 0 Å². The number of benzene rings is 1. The SMILES string of the molecule is COCCN1CCC12CCN(Cc1cccc(F)c1)C2. The van der Waals surface area contributed by atoms with Crippen LogP contribution in [0.15, 0.2) is 24.3 Å². The maximum Gasteiger partial charge on any atom is 0.123 e. The number of likely N-dealkylation sites (tertiary alicyclic amines) is 2. The summed E-state index contributed by atoms with van der Waals surface area (Å²) in [5, 5.41) is 0. The quantitative estimate of drug-likeness (QED) is 0.820. The third-order valence-corrected chi connectivity index (χ3v) is 4.79. The molecule has 2 saturated heterocycles. The van der Waals surface area contributed by atoms with Crippen LogP contribution in [0.1, 0.15) is 18.4 Å². The third kappa shape index (κ3) is 2.73. The number of hydrogen-bond donors (Lipinski definition) is 0. The van der Waals surface area contributed by atoms with Crippen LogP contribution in [0.3, 0.4) is 0 Å². The lowest BCUT2D eigenvalue weighted by atomic mass is 9.84. The van der Waals surface area contributed by atoms with Gasteiger partial charge in [-0.1, -0.05) is 12.1 Å². The standard InChI is InChI=1S/C16H23FN2O/c1-20-10-9-19-8-6-16(19)5-7-18(13-16)12-14-3-2-4-15(17)11-14/h2-4,11H,5-10,12-13H2,1H3. The topological polar surface area (TPSA) is 15.7 Å². The molecule has 2 heterocycles. The first kappa shape index (κ1) is 14.0. The number of rotatable bonds is 5. The van der Waals surface area contributed by atoms with E-state index in [1.807, 2.05) is 6.07 Å². The summed E-state index contributed by atoms with van der Waals surface area (Å²) in [5.41, 5.74) is 1.44. The molecule has 1 unspecified atom stereocenters. The summed E-state index contributed by atoms with van der Waals surface area (Å²) in [6.07, 6.45) is 2.52. The fourth-order valence-electron chi connectivity index (χ4n) is 3.57. The molecule has 1 atom stereocenters. The highest BCUT2D eigenvalue weighted by atomic mass is 19.1. The molecular weight excluding hydrogens is 255 g/mol. The van der Waals surface area contributed by atoms with E-state index in [2.05, 4.69) is 9.80 Å². The maximum absolute atomic E-state index is 13.2. The van der Waals surface area contributed by atoms with E-state index in [0.717, 1.165) is 38.3 Å². The normalized spacial score (nSPS) is 27.1. The molecule has 1 spiro atoms. The van der Waals surface area contributed by atoms with Gasteiger partial charge in [-0.25, -0.2) is 4.39 Å². The van der Waals surface area contributed by atoms with Crippen LogP contribution in [-0.4, -0.2) is 55.2 Å². The minimum absolute atomic E-state index is 0.137. The van der Waals surface area contributed by atoms with Crippen LogP contribution >= 0.6 is 0 Å². The molecule has 1 aromatic carbocycles. The summed E-state index contributed by atoms with van der Waals surface area (Å²) in [7, 11) is 1.76. The number of hydrogen-bond acceptors (Lipinski definition) is 3. The highest BCUT2D eigenvalue weighted by Gasteiger charge is 2.48. The second kappa shape index (κ2) is 5.80. The molecule has 0 aromatic heterocycles. The second-order valence-electron chi connectivity index (χ2n) is 6.04. The van der Waals surface area contributed by atoms with Gasteiger partial charge in [0.2, 0.25) is 0 Å². The summed E-state index contributed by atoms with van der Waals surface area (Å²) in [6.45, 7) is 6.11. The summed E-state index contributed by atoms with van der Waals surface area (Å²) in [5.74, 6) is -0.137. The van der Waals surface area contributed by atoms with Gasteiger partial charge >= 0.3 is 0 Å². The van der Waals surface area contributed by atoms with Crippen molar-refractivity contribution in [1.82, 2.24) is 9.80 Å². The van der Waals surface area contributed by atoms with Crippen molar-refractivity contribution in [2.24, 2.45) is 0 Å². The molecule has 0 N–H and O–H groups in total. The summed E-state index contributed by atoms with van der Waals surface area (Å²) in [6, 6.07) is 6.96. The Balaban J connectivity index is 1.57. The van der Waals surface area contributed by atoms with Gasteiger partial charge in [-0.05, 0) is 30.5 Å². The van der Waals surface area contributed by atoms with Crippen molar-refractivity contribution < 1.29 is 9.13 Å². The van der Waals surface area contributed by atoms with Crippen LogP contribution in [0.5, 0.6) is 0 Å². The Kier molecular flexibility index (Phi) is 4.06. The van der Waals surface area contributed by atoms with Gasteiger partial charge in [0.05, 0.1) is 6.61 Å². The van der Waals surface area contributed by atoms with Gasteiger partial charge < -0.3 is 4.74 Å². The lowest BCUT2D eigenvalue weighted by Crippen LogP contribution is -2.61. The molecule has 3 rings (SSSR count). The molecule has 110 valence electrons. The highest BCUT2D eigenvalue weighted by Crippen LogP contribution is 2.39. The van der Waals surface area contributed by atoms with E-state index in [1.165, 1.54) is 25.5 Å². The molecule has 0 radical (unpaired) electrons. The van der Waals surface area contributed by atoms with E-state index >= 15 is 0 Å². The van der Waals surface area contributed by atoms with Crippen molar-refractivity contribution >= 4 is 0 Å². The Bertz CT molecular complexity index is 468. The van der Waals surface area contributed by atoms with E-state index in [4.69, 9.17) is 4.74 Å². The van der Waals surface area contributed by atoms with E-state index in [9.17, 15) is 4.39 Å². The average Bonchev–Trinajstić information content (AvgIpc) is 2.84. The van der Waals surface area contributed by atoms with Crippen LogP contribution in [-0.2, 0) is 11.3 Å². The van der Waals surface area contributed by atoms with Crippen LogP contribution < -0.4 is 0 Å². The molecule has 0 aliphatic carbocycles. The minimum atomic E-state index is -0.137. The Morgan fingerprint density at radius 1 is 1.30 bits per heavy atom. The van der Waals surface area contributed by atoms with Gasteiger partial charge in [0.15, 0.2) is 0 Å². The first-order valence-electron chi connectivity index (χ1n) is 7.43. The molecule has 20 heavy (non-hydrogen) atoms. The van der Waals surface area contributed by atoms with Gasteiger partial charge in [-0.3, -0.25) is 9.80 Å². The van der Waals surface area contributed by atoms with Gasteiger partial charge in [0.1, 0.15) is 5.82 Å². The van der Waals surface area contributed by atoms with Crippen molar-refractivity contribution in [3.63, 3.8) is 0 Å². The Hall–Kier alpha value is -0.970. The zero-order valence-electron chi connectivity index (χ0n) is 12.1. The molecule has 1 aromatic rings. The predicted molar refractivity (Wildman–Crippen MR) is 77.1 cm³/mol. The Morgan fingerprint density at radius 3 is 2.85 bits per heavy atom. The number of halogens is 1. The molecule has 2 aliphatic heterocycles. The first-order valence-corrected chi connectivity index (χ1v) is 7.43. The molecular formula is C16H23FN2O. The predicted octanol–water partition coefficient (Wildman–Crippen LogP) is 2.12. The Labute approximate surface area is 120 Å². The van der Waals surface area contributed by atoms with Crippen molar-refractivity contribution in [2.45, 2.75) is 24.9 Å². The monoisotopic (exact) mass is 278 g/mol. The van der Waals surface area contributed by atoms with Gasteiger partial charge in [-0.15, -0.1) is 0 Å². The van der Waals surface area contributed by atoms with Crippen LogP contribution in [0.4, 0.5) is 4.39 Å². The lowest BCUT2D eigenvalue weighted by molar-refractivity contribution is -0.0227. The average molecular weight is 278 g/mol. The zero-order valence-corrected chi connectivity index (χ0v) is 12.1. The molecule has 0 saturated carbocycles. The van der Waals surface area contributed by atoms with Crippen molar-refractivity contribution in [3.8, 4) is 0 Å². The number of ether oxygens (including phenoxy) is 1. The second-order valence-corrected chi connectivity index (χ2v) is 6.04. The van der Waals surface area contributed by atoms with Gasteiger partial charge in [0.25, 0.3) is 0 Å². The summed E-state index contributed by atoms with van der Waals surface area (Å²) >= 11 is 0. The smallest absolute Gasteiger partial charge is 0.123 e. The highest BCUT2D eigenvalue weighted by molar-refractivity contribution is 5.17. The van der Waals surface area contributed by atoms with Crippen molar-refractivity contribution in [1.29, 1.82) is 0 Å². The summed E-state index contributed by atoms with van der Waals surface area (Å²) in [4.78, 5) is 5.01. The van der Waals surface area contributed by atoms with Crippen LogP contribution in [0, 0.1) is 5.82 Å². The molecule has 3 nitrogen and oxygen atoms in total. The molecule has 2 fully saturated rings. The van der Waals surface area contributed by atoms with E-state index in [0.29, 0.717) is 5.54 Å². The van der Waals surface area contributed by atoms with Crippen molar-refractivity contribution in [2.75, 3.05) is 39.9 Å². The lowest BCUT2D eigenvalue weighted by Gasteiger charge is -2.51. The van der Waals surface area contributed by atoms with Crippen LogP contribution in [0.2, 0.25) is 0 Å². The minimum Gasteiger partial charge on any atom is -0.383 e. The molecule has 0 amide bonds. The van der Waals surface area contributed by atoms with E-state index in [-0.39, 0.29) is 5.82 Å². The molecule has 2 aliphatic rings. The van der Waals surface area contributed by atoms with Crippen molar-refractivity contribution in [3.05, 3.63) is 35.6 Å². The van der Waals surface area contributed by atoms with E-state index < -0.39 is 0 Å². The molecule has 4 heteroatoms. The number of methoxy groups -OCH3 is 1. The largest absolute Gasteiger partial charge is 0.383 e. The number of nitrogens with zero attached hydrogens (tertiary/aromatic N) is 2. The fraction of sp³-hybridized carbons (Fsp3) is 0.625. The third-order valence-electron chi connectivity index (χ3n) is 4.79. The van der Waals surface area contributed by atoms with Gasteiger partial charge in [0, 0.05) is 45.4 Å². The fourth-order valence-corrected chi connectivity index (χ4v) is 3.57. The van der Waals surface area contributed by atoms with E-state index in [1.54, 1.807) is 19.2 Å². The zero-order chi connectivity index (χ0) is 14.0. The first-order chi connectivity index (χ1) is 9.72. The maximum atomic E-state index is 13.2. The van der Waals surface area contributed by atoms with Crippen LogP contribution in [0.25, 0.3) is 0 Å². The Morgan fingerprint density at radius 2 is 2.15 bits per heavy atom. The molecule has 0 bridgehead atoms.